The minimum Gasteiger partial charge on any atom is -0.325 e. The van der Waals surface area contributed by atoms with Crippen molar-refractivity contribution in [2.45, 2.75) is 33.6 Å². The third-order valence-corrected chi connectivity index (χ3v) is 3.41. The Morgan fingerprint density at radius 2 is 1.72 bits per heavy atom. The summed E-state index contributed by atoms with van der Waals surface area (Å²) in [4.78, 5) is 28.2. The Bertz CT molecular complexity index is 719. The fourth-order valence-corrected chi connectivity index (χ4v) is 2.17. The summed E-state index contributed by atoms with van der Waals surface area (Å²) in [5.74, 6) is -0.229. The van der Waals surface area contributed by atoms with Crippen molar-refractivity contribution in [3.63, 3.8) is 0 Å². The quantitative estimate of drug-likeness (QED) is 0.727. The minimum absolute atomic E-state index is 0.159. The molecule has 0 radical (unpaired) electrons. The second-order valence-corrected chi connectivity index (χ2v) is 5.68. The van der Waals surface area contributed by atoms with Gasteiger partial charge in [-0.2, -0.15) is 0 Å². The van der Waals surface area contributed by atoms with Crippen molar-refractivity contribution < 1.29 is 9.59 Å². The molecule has 0 aliphatic carbocycles. The summed E-state index contributed by atoms with van der Waals surface area (Å²) in [6.07, 6.45) is 2.52. The number of anilines is 2. The predicted octanol–water partition coefficient (Wildman–Crippen LogP) is 5.41. The average molecular weight is 382 g/mol. The van der Waals surface area contributed by atoms with E-state index in [-0.39, 0.29) is 11.5 Å². The highest BCUT2D eigenvalue weighted by Crippen LogP contribution is 2.22. The summed E-state index contributed by atoms with van der Waals surface area (Å²) in [7, 11) is 0. The summed E-state index contributed by atoms with van der Waals surface area (Å²) < 4.78 is 0. The van der Waals surface area contributed by atoms with E-state index in [9.17, 15) is 9.59 Å². The maximum Gasteiger partial charge on any atom is 0.258 e. The van der Waals surface area contributed by atoms with Gasteiger partial charge in [0.15, 0.2) is 0 Å². The van der Waals surface area contributed by atoms with Crippen LogP contribution in [0.3, 0.4) is 0 Å². The minimum atomic E-state index is -0.422. The van der Waals surface area contributed by atoms with E-state index in [2.05, 4.69) is 15.6 Å². The molecule has 1 heterocycles. The number of halogens is 2. The van der Waals surface area contributed by atoms with Crippen LogP contribution in [0.5, 0.6) is 0 Å². The van der Waals surface area contributed by atoms with Gasteiger partial charge in [-0.3, -0.25) is 9.59 Å². The number of nitrogens with zero attached hydrogens (tertiary/aromatic N) is 1. The fourth-order valence-electron chi connectivity index (χ4n) is 1.89. The van der Waals surface area contributed by atoms with Crippen LogP contribution in [0, 0.1) is 0 Å². The van der Waals surface area contributed by atoms with E-state index >= 15 is 0 Å². The van der Waals surface area contributed by atoms with Crippen molar-refractivity contribution in [1.82, 2.24) is 4.98 Å². The molecule has 0 atom stereocenters. The molecule has 0 spiro atoms. The first-order valence-corrected chi connectivity index (χ1v) is 8.77. The maximum absolute atomic E-state index is 12.4. The van der Waals surface area contributed by atoms with Crippen LogP contribution in [0.25, 0.3) is 0 Å². The summed E-state index contributed by atoms with van der Waals surface area (Å²) in [6.45, 7) is 5.90. The Kier molecular flexibility index (Phi) is 8.95. The molecule has 7 heteroatoms. The van der Waals surface area contributed by atoms with Crippen LogP contribution in [-0.4, -0.2) is 16.8 Å². The summed E-state index contributed by atoms with van der Waals surface area (Å²) in [5, 5.41) is 6.22. The van der Waals surface area contributed by atoms with Crippen LogP contribution in [0.2, 0.25) is 10.0 Å². The van der Waals surface area contributed by atoms with Crippen molar-refractivity contribution >= 4 is 46.5 Å². The number of nitrogens with one attached hydrogen (secondary N) is 2. The number of carbonyl (C=O) groups is 2. The van der Waals surface area contributed by atoms with Crippen molar-refractivity contribution in [3.05, 3.63) is 52.1 Å². The van der Waals surface area contributed by atoms with E-state index < -0.39 is 5.91 Å². The highest BCUT2D eigenvalue weighted by atomic mass is 35.5. The smallest absolute Gasteiger partial charge is 0.258 e. The van der Waals surface area contributed by atoms with Crippen molar-refractivity contribution in [2.24, 2.45) is 0 Å². The Hall–Kier alpha value is -2.11. The predicted molar refractivity (Wildman–Crippen MR) is 104 cm³/mol. The van der Waals surface area contributed by atoms with Gasteiger partial charge in [0, 0.05) is 17.6 Å². The lowest BCUT2D eigenvalue weighted by Crippen LogP contribution is -2.18. The summed E-state index contributed by atoms with van der Waals surface area (Å²) in [6, 6.07) is 7.90. The van der Waals surface area contributed by atoms with Gasteiger partial charge in [-0.1, -0.05) is 44.0 Å². The lowest BCUT2D eigenvalue weighted by Gasteiger charge is -2.11. The molecule has 2 rings (SSSR count). The maximum atomic E-state index is 12.4. The second-order valence-electron chi connectivity index (χ2n) is 4.80. The van der Waals surface area contributed by atoms with Gasteiger partial charge in [0.1, 0.15) is 5.82 Å². The zero-order valence-corrected chi connectivity index (χ0v) is 15.9. The fraction of sp³-hybridized carbons (Fsp3) is 0.278. The molecule has 5 nitrogen and oxygen atoms in total. The number of amides is 2. The molecule has 2 N–H and O–H groups in total. The van der Waals surface area contributed by atoms with Crippen LogP contribution in [0.4, 0.5) is 11.5 Å². The molecule has 2 amide bonds. The molecule has 1 aromatic carbocycles. The average Bonchev–Trinajstić information content (AvgIpc) is 2.60. The monoisotopic (exact) mass is 381 g/mol. The van der Waals surface area contributed by atoms with Crippen LogP contribution in [0.15, 0.2) is 36.5 Å². The first kappa shape index (κ1) is 20.9. The largest absolute Gasteiger partial charge is 0.325 e. The van der Waals surface area contributed by atoms with E-state index in [0.29, 0.717) is 28.0 Å². The van der Waals surface area contributed by atoms with Crippen LogP contribution < -0.4 is 10.6 Å². The Labute approximate surface area is 157 Å². The number of hydrogen-bond donors (Lipinski definition) is 2. The molecular weight excluding hydrogens is 361 g/mol. The normalized spacial score (nSPS) is 9.64. The lowest BCUT2D eigenvalue weighted by atomic mass is 10.1. The standard InChI is InChI=1S/C16H15Cl2N3O2.C2H6/c1-2-3-15(22)20-13-6-4-10(17)8-12(13)16(23)21-14-7-5-11(18)9-19-14;1-2/h4-9H,2-3H2,1H3,(H,20,22)(H,19,21,23);1-2H3. The number of aromatic nitrogens is 1. The van der Waals surface area contributed by atoms with Crippen LogP contribution >= 0.6 is 23.2 Å². The van der Waals surface area contributed by atoms with Gasteiger partial charge in [-0.25, -0.2) is 4.98 Å². The summed E-state index contributed by atoms with van der Waals surface area (Å²) in [5.41, 5.74) is 0.665. The van der Waals surface area contributed by atoms with Crippen molar-refractivity contribution in [1.29, 1.82) is 0 Å². The number of pyridine rings is 1. The highest BCUT2D eigenvalue weighted by Gasteiger charge is 2.15. The molecule has 0 unspecified atom stereocenters. The Morgan fingerprint density at radius 1 is 1.04 bits per heavy atom. The topological polar surface area (TPSA) is 71.1 Å². The van der Waals surface area contributed by atoms with E-state index in [0.717, 1.165) is 6.42 Å². The van der Waals surface area contributed by atoms with E-state index in [4.69, 9.17) is 23.2 Å². The molecule has 0 bridgehead atoms. The summed E-state index contributed by atoms with van der Waals surface area (Å²) >= 11 is 11.7. The molecule has 0 aliphatic heterocycles. The van der Waals surface area contributed by atoms with Gasteiger partial charge >= 0.3 is 0 Å². The number of rotatable bonds is 5. The second kappa shape index (κ2) is 10.7. The number of hydrogen-bond acceptors (Lipinski definition) is 3. The van der Waals surface area contributed by atoms with Crippen molar-refractivity contribution in [2.75, 3.05) is 10.6 Å². The van der Waals surface area contributed by atoms with Crippen LogP contribution in [0.1, 0.15) is 44.0 Å². The lowest BCUT2D eigenvalue weighted by molar-refractivity contribution is -0.116. The molecule has 0 saturated carbocycles. The molecule has 25 heavy (non-hydrogen) atoms. The van der Waals surface area contributed by atoms with E-state index in [1.165, 1.54) is 12.3 Å². The molecule has 0 saturated heterocycles. The zero-order chi connectivity index (χ0) is 18.8. The zero-order valence-electron chi connectivity index (χ0n) is 14.4. The van der Waals surface area contributed by atoms with Gasteiger partial charge in [0.25, 0.3) is 5.91 Å². The van der Waals surface area contributed by atoms with Crippen molar-refractivity contribution in [3.8, 4) is 0 Å². The third kappa shape index (κ3) is 6.72. The van der Waals surface area contributed by atoms with Gasteiger partial charge in [-0.15, -0.1) is 0 Å². The first-order chi connectivity index (χ1) is 12.0. The molecular formula is C18H21Cl2N3O2. The van der Waals surface area contributed by atoms with Gasteiger partial charge in [0.05, 0.1) is 16.3 Å². The number of carbonyl (C=O) groups excluding carboxylic acids is 2. The molecule has 2 aromatic rings. The van der Waals surface area contributed by atoms with Gasteiger partial charge in [-0.05, 0) is 36.8 Å². The first-order valence-electron chi connectivity index (χ1n) is 8.02. The third-order valence-electron chi connectivity index (χ3n) is 2.95. The molecule has 0 fully saturated rings. The molecule has 134 valence electrons. The van der Waals surface area contributed by atoms with E-state index in [1.54, 1.807) is 24.3 Å². The molecule has 0 aliphatic rings. The highest BCUT2D eigenvalue weighted by molar-refractivity contribution is 6.31. The number of benzene rings is 1. The SMILES string of the molecule is CC.CCCC(=O)Nc1ccc(Cl)cc1C(=O)Nc1ccc(Cl)cn1. The van der Waals surface area contributed by atoms with Crippen LogP contribution in [-0.2, 0) is 4.79 Å². The van der Waals surface area contributed by atoms with Gasteiger partial charge < -0.3 is 10.6 Å². The molecule has 1 aromatic heterocycles. The van der Waals surface area contributed by atoms with Gasteiger partial charge in [0.2, 0.25) is 5.91 Å². The Morgan fingerprint density at radius 3 is 2.32 bits per heavy atom. The Balaban J connectivity index is 0.00000151. The van der Waals surface area contributed by atoms with E-state index in [1.807, 2.05) is 20.8 Å².